The molecule has 0 aromatic heterocycles. The molecule has 0 saturated carbocycles. The second-order valence-corrected chi connectivity index (χ2v) is 7.54. The summed E-state index contributed by atoms with van der Waals surface area (Å²) >= 11 is 0. The summed E-state index contributed by atoms with van der Waals surface area (Å²) in [6, 6.07) is 10.0. The number of benzene rings is 1. The third-order valence-corrected chi connectivity index (χ3v) is 4.88. The summed E-state index contributed by atoms with van der Waals surface area (Å²) < 4.78 is 5.51. The number of nitrogens with zero attached hydrogens (tertiary/aromatic N) is 1. The molecule has 1 N–H and O–H groups in total. The van der Waals surface area contributed by atoms with Crippen LogP contribution in [0.15, 0.2) is 46.8 Å². The number of ketones is 1. The van der Waals surface area contributed by atoms with E-state index in [4.69, 9.17) is 4.74 Å². The maximum atomic E-state index is 12.9. The first kappa shape index (κ1) is 17.3. The first-order valence-electron chi connectivity index (χ1n) is 8.73. The third kappa shape index (κ3) is 3.19. The molecule has 2 aliphatic rings. The highest BCUT2D eigenvalue weighted by Crippen LogP contribution is 2.46. The Morgan fingerprint density at radius 2 is 1.96 bits per heavy atom. The molecule has 1 atom stereocenters. The minimum atomic E-state index is -0.291. The zero-order valence-corrected chi connectivity index (χ0v) is 15.3. The highest BCUT2D eigenvalue weighted by molar-refractivity contribution is 6.00. The first-order chi connectivity index (χ1) is 11.9. The van der Waals surface area contributed by atoms with Gasteiger partial charge in [0.15, 0.2) is 5.78 Å². The fourth-order valence-corrected chi connectivity index (χ4v) is 3.84. The number of hydrogen-bond donors (Lipinski definition) is 1. The van der Waals surface area contributed by atoms with Crippen LogP contribution >= 0.6 is 0 Å². The number of ether oxygens (including phenoxy) is 1. The Morgan fingerprint density at radius 1 is 1.28 bits per heavy atom. The van der Waals surface area contributed by atoms with Crippen LogP contribution in [0.4, 0.5) is 0 Å². The van der Waals surface area contributed by atoms with E-state index in [0.717, 1.165) is 34.7 Å². The van der Waals surface area contributed by atoms with E-state index >= 15 is 0 Å². The van der Waals surface area contributed by atoms with Crippen molar-refractivity contribution in [1.29, 1.82) is 5.26 Å². The number of nitrogens with one attached hydrogen (secondary N) is 1. The van der Waals surface area contributed by atoms with Crippen LogP contribution in [0.1, 0.15) is 52.0 Å². The van der Waals surface area contributed by atoms with Gasteiger partial charge in [-0.1, -0.05) is 26.0 Å². The Balaban J connectivity index is 2.09. The quantitative estimate of drug-likeness (QED) is 0.898. The molecule has 0 fully saturated rings. The van der Waals surface area contributed by atoms with Crippen molar-refractivity contribution in [1.82, 2.24) is 5.32 Å². The summed E-state index contributed by atoms with van der Waals surface area (Å²) in [5, 5.41) is 13.0. The lowest BCUT2D eigenvalue weighted by atomic mass is 9.69. The lowest BCUT2D eigenvalue weighted by Crippen LogP contribution is -2.36. The zero-order chi connectivity index (χ0) is 18.2. The van der Waals surface area contributed by atoms with Gasteiger partial charge in [0.05, 0.1) is 24.2 Å². The van der Waals surface area contributed by atoms with Crippen molar-refractivity contribution in [3.63, 3.8) is 0 Å². The van der Waals surface area contributed by atoms with Crippen LogP contribution in [0.25, 0.3) is 0 Å². The molecule has 0 unspecified atom stereocenters. The molecule has 1 aromatic carbocycles. The standard InChI is InChI=1S/C21H24N2O2/c1-5-25-15-8-6-14(7-9-15)19-16(12-22)13(2)23-17-10-21(3,4)11-18(24)20(17)19/h6-9,19,23H,5,10-11H2,1-4H3/t19-/m0/s1. The lowest BCUT2D eigenvalue weighted by Gasteiger charge is -2.38. The minimum absolute atomic E-state index is 0.0588. The van der Waals surface area contributed by atoms with Gasteiger partial charge in [-0.15, -0.1) is 0 Å². The maximum Gasteiger partial charge on any atom is 0.162 e. The molecule has 0 radical (unpaired) electrons. The van der Waals surface area contributed by atoms with Gasteiger partial charge in [-0.3, -0.25) is 4.79 Å². The van der Waals surface area contributed by atoms with Gasteiger partial charge in [-0.25, -0.2) is 0 Å². The fraction of sp³-hybridized carbons (Fsp3) is 0.429. The Hall–Kier alpha value is -2.54. The number of allylic oxidation sites excluding steroid dienone is 4. The van der Waals surface area contributed by atoms with Gasteiger partial charge >= 0.3 is 0 Å². The minimum Gasteiger partial charge on any atom is -0.494 e. The van der Waals surface area contributed by atoms with Gasteiger partial charge < -0.3 is 10.1 Å². The first-order valence-corrected chi connectivity index (χ1v) is 8.73. The average Bonchev–Trinajstić information content (AvgIpc) is 2.53. The molecular weight excluding hydrogens is 312 g/mol. The Labute approximate surface area is 149 Å². The highest BCUT2D eigenvalue weighted by Gasteiger charge is 2.40. The van der Waals surface area contributed by atoms with E-state index in [9.17, 15) is 10.1 Å². The molecular formula is C21H24N2O2. The van der Waals surface area contributed by atoms with Gasteiger partial charge in [0.25, 0.3) is 0 Å². The van der Waals surface area contributed by atoms with E-state index in [1.807, 2.05) is 38.1 Å². The Bertz CT molecular complexity index is 807. The molecule has 4 nitrogen and oxygen atoms in total. The number of hydrogen-bond acceptors (Lipinski definition) is 4. The van der Waals surface area contributed by atoms with Gasteiger partial charge in [0.1, 0.15) is 5.75 Å². The van der Waals surface area contributed by atoms with E-state index in [1.165, 1.54) is 0 Å². The van der Waals surface area contributed by atoms with Crippen LogP contribution in [0, 0.1) is 16.7 Å². The number of Topliss-reactive ketones (excluding diaryl/α,β-unsaturated/α-hetero) is 1. The van der Waals surface area contributed by atoms with Crippen LogP contribution in [0.2, 0.25) is 0 Å². The van der Waals surface area contributed by atoms with Crippen molar-refractivity contribution in [2.45, 2.75) is 46.5 Å². The molecule has 3 rings (SSSR count). The molecule has 1 aliphatic heterocycles. The molecule has 0 spiro atoms. The van der Waals surface area contributed by atoms with Crippen molar-refractivity contribution in [2.24, 2.45) is 5.41 Å². The van der Waals surface area contributed by atoms with Crippen molar-refractivity contribution in [2.75, 3.05) is 6.61 Å². The number of rotatable bonds is 3. The van der Waals surface area contributed by atoms with Crippen molar-refractivity contribution in [3.05, 3.63) is 52.4 Å². The molecule has 4 heteroatoms. The van der Waals surface area contributed by atoms with Gasteiger partial charge in [-0.05, 0) is 43.4 Å². The summed E-state index contributed by atoms with van der Waals surface area (Å²) in [6.45, 7) is 8.69. The van der Waals surface area contributed by atoms with E-state index in [-0.39, 0.29) is 17.1 Å². The number of nitriles is 1. The predicted octanol–water partition coefficient (Wildman–Crippen LogP) is 4.21. The monoisotopic (exact) mass is 336 g/mol. The SMILES string of the molecule is CCOc1ccc([C@H]2C(C#N)=C(C)NC3=C2C(=O)CC(C)(C)C3)cc1. The molecule has 130 valence electrons. The van der Waals surface area contributed by atoms with Crippen LogP contribution in [-0.2, 0) is 4.79 Å². The van der Waals surface area contributed by atoms with Gasteiger partial charge in [0, 0.05) is 23.4 Å². The second kappa shape index (κ2) is 6.40. The van der Waals surface area contributed by atoms with Crippen LogP contribution in [0.3, 0.4) is 0 Å². The lowest BCUT2D eigenvalue weighted by molar-refractivity contribution is -0.118. The van der Waals surface area contributed by atoms with E-state index in [2.05, 4.69) is 25.2 Å². The topological polar surface area (TPSA) is 62.1 Å². The second-order valence-electron chi connectivity index (χ2n) is 7.54. The summed E-state index contributed by atoms with van der Waals surface area (Å²) in [5.74, 6) is 0.642. The number of carbonyl (C=O) groups excluding carboxylic acids is 1. The molecule has 1 aliphatic carbocycles. The summed E-state index contributed by atoms with van der Waals surface area (Å²) in [6.07, 6.45) is 1.33. The van der Waals surface area contributed by atoms with E-state index < -0.39 is 0 Å². The number of carbonyl (C=O) groups is 1. The fourth-order valence-electron chi connectivity index (χ4n) is 3.84. The van der Waals surface area contributed by atoms with Crippen LogP contribution < -0.4 is 10.1 Å². The zero-order valence-electron chi connectivity index (χ0n) is 15.3. The molecule has 1 aromatic rings. The van der Waals surface area contributed by atoms with Gasteiger partial charge in [-0.2, -0.15) is 5.26 Å². The van der Waals surface area contributed by atoms with Crippen LogP contribution in [0.5, 0.6) is 5.75 Å². The van der Waals surface area contributed by atoms with Gasteiger partial charge in [0.2, 0.25) is 0 Å². The molecule has 25 heavy (non-hydrogen) atoms. The van der Waals surface area contributed by atoms with Crippen molar-refractivity contribution < 1.29 is 9.53 Å². The van der Waals surface area contributed by atoms with E-state index in [1.54, 1.807) is 0 Å². The largest absolute Gasteiger partial charge is 0.494 e. The smallest absolute Gasteiger partial charge is 0.162 e. The van der Waals surface area contributed by atoms with Crippen molar-refractivity contribution in [3.8, 4) is 11.8 Å². The summed E-state index contributed by atoms with van der Waals surface area (Å²) in [4.78, 5) is 12.9. The van der Waals surface area contributed by atoms with Crippen LogP contribution in [-0.4, -0.2) is 12.4 Å². The molecule has 0 bridgehead atoms. The highest BCUT2D eigenvalue weighted by atomic mass is 16.5. The molecule has 0 amide bonds. The van der Waals surface area contributed by atoms with Crippen molar-refractivity contribution >= 4 is 5.78 Å². The maximum absolute atomic E-state index is 12.9. The summed E-state index contributed by atoms with van der Waals surface area (Å²) in [5.41, 5.74) is 4.08. The number of dihydropyridines is 1. The molecule has 1 heterocycles. The summed E-state index contributed by atoms with van der Waals surface area (Å²) in [7, 11) is 0. The average molecular weight is 336 g/mol. The van der Waals surface area contributed by atoms with E-state index in [0.29, 0.717) is 18.6 Å². The third-order valence-electron chi connectivity index (χ3n) is 4.88. The predicted molar refractivity (Wildman–Crippen MR) is 96.8 cm³/mol. The normalized spacial score (nSPS) is 22.2. The Kier molecular flexibility index (Phi) is 4.43. The molecule has 0 saturated heterocycles. The Morgan fingerprint density at radius 3 is 2.56 bits per heavy atom.